The number of ether oxygens (including phenoxy) is 1. The fraction of sp³-hybridized carbons (Fsp3) is 0.318. The lowest BCUT2D eigenvalue weighted by atomic mass is 9.98. The Bertz CT molecular complexity index is 1040. The minimum atomic E-state index is -0.285. The van der Waals surface area contributed by atoms with Crippen LogP contribution >= 0.6 is 11.3 Å². The van der Waals surface area contributed by atoms with Crippen molar-refractivity contribution in [2.75, 3.05) is 11.9 Å². The quantitative estimate of drug-likeness (QED) is 0.552. The highest BCUT2D eigenvalue weighted by molar-refractivity contribution is 7.14. The van der Waals surface area contributed by atoms with E-state index in [-0.39, 0.29) is 18.4 Å². The molecule has 0 saturated heterocycles. The average molecular weight is 428 g/mol. The van der Waals surface area contributed by atoms with Crippen molar-refractivity contribution >= 4 is 28.3 Å². The van der Waals surface area contributed by atoms with Gasteiger partial charge in [-0.25, -0.2) is 4.98 Å². The fourth-order valence-electron chi connectivity index (χ4n) is 2.96. The number of hydrogen-bond donors (Lipinski definition) is 2. The number of thiazole rings is 1. The normalized spacial score (nSPS) is 10.8. The number of carbonyl (C=O) groups is 2. The van der Waals surface area contributed by atoms with Crippen molar-refractivity contribution in [1.29, 1.82) is 0 Å². The molecule has 2 aromatic heterocycles. The van der Waals surface area contributed by atoms with Gasteiger partial charge in [-0.05, 0) is 48.2 Å². The summed E-state index contributed by atoms with van der Waals surface area (Å²) in [6.45, 7) is 7.99. The van der Waals surface area contributed by atoms with E-state index in [0.29, 0.717) is 40.6 Å². The second kappa shape index (κ2) is 9.58. The Labute approximate surface area is 179 Å². The lowest BCUT2D eigenvalue weighted by Crippen LogP contribution is -2.20. The van der Waals surface area contributed by atoms with E-state index in [1.807, 2.05) is 25.1 Å². The monoisotopic (exact) mass is 427 g/mol. The van der Waals surface area contributed by atoms with E-state index >= 15 is 0 Å². The van der Waals surface area contributed by atoms with E-state index in [9.17, 15) is 9.59 Å². The Hall–Kier alpha value is -3.13. The van der Waals surface area contributed by atoms with Crippen LogP contribution in [0.1, 0.15) is 43.6 Å². The van der Waals surface area contributed by atoms with Crippen LogP contribution in [0.15, 0.2) is 40.1 Å². The van der Waals surface area contributed by atoms with Gasteiger partial charge < -0.3 is 14.5 Å². The van der Waals surface area contributed by atoms with Crippen LogP contribution < -0.4 is 15.4 Å². The van der Waals surface area contributed by atoms with E-state index in [1.54, 1.807) is 17.5 Å². The van der Waals surface area contributed by atoms with Gasteiger partial charge in [-0.2, -0.15) is 0 Å². The molecule has 3 aromatic rings. The second-order valence-electron chi connectivity index (χ2n) is 7.22. The number of rotatable bonds is 8. The molecular formula is C22H25N3O4S. The van der Waals surface area contributed by atoms with Crippen LogP contribution in [0.3, 0.4) is 0 Å². The lowest BCUT2D eigenvalue weighted by molar-refractivity contribution is -0.119. The molecule has 0 aliphatic heterocycles. The minimum absolute atomic E-state index is 0.100. The van der Waals surface area contributed by atoms with Crippen molar-refractivity contribution in [2.45, 2.75) is 40.2 Å². The SMILES string of the molecule is CC(=O)NCc1ccc(-c2csc(NC(=O)COc3ccc(C(C)C)c(C)c3)n2)o1. The summed E-state index contributed by atoms with van der Waals surface area (Å²) in [5.41, 5.74) is 3.02. The molecule has 0 aliphatic carbocycles. The number of benzene rings is 1. The van der Waals surface area contributed by atoms with Gasteiger partial charge in [-0.1, -0.05) is 19.9 Å². The van der Waals surface area contributed by atoms with E-state index in [2.05, 4.69) is 29.5 Å². The Morgan fingerprint density at radius 3 is 2.73 bits per heavy atom. The molecule has 2 amide bonds. The Morgan fingerprint density at radius 1 is 1.23 bits per heavy atom. The third-order valence-electron chi connectivity index (χ3n) is 4.41. The number of amides is 2. The van der Waals surface area contributed by atoms with Crippen LogP contribution in [0.5, 0.6) is 5.75 Å². The maximum absolute atomic E-state index is 12.2. The lowest BCUT2D eigenvalue weighted by Gasteiger charge is -2.12. The van der Waals surface area contributed by atoms with Crippen molar-refractivity contribution in [1.82, 2.24) is 10.3 Å². The number of hydrogen-bond acceptors (Lipinski definition) is 6. The first-order chi connectivity index (χ1) is 14.3. The zero-order valence-corrected chi connectivity index (χ0v) is 18.3. The predicted octanol–water partition coefficient (Wildman–Crippen LogP) is 4.49. The molecule has 0 saturated carbocycles. The molecule has 0 spiro atoms. The van der Waals surface area contributed by atoms with Crippen LogP contribution in [-0.2, 0) is 16.1 Å². The summed E-state index contributed by atoms with van der Waals surface area (Å²) in [5.74, 6) is 1.90. The first kappa shape index (κ1) is 21.6. The topological polar surface area (TPSA) is 93.5 Å². The number of aromatic nitrogens is 1. The highest BCUT2D eigenvalue weighted by atomic mass is 32.1. The number of carbonyl (C=O) groups excluding carboxylic acids is 2. The summed E-state index contributed by atoms with van der Waals surface area (Å²) in [6, 6.07) is 9.42. The molecule has 2 N–H and O–H groups in total. The first-order valence-electron chi connectivity index (χ1n) is 9.64. The Kier molecular flexibility index (Phi) is 6.89. The van der Waals surface area contributed by atoms with Crippen molar-refractivity contribution in [3.8, 4) is 17.2 Å². The van der Waals surface area contributed by atoms with E-state index in [4.69, 9.17) is 9.15 Å². The number of nitrogens with one attached hydrogen (secondary N) is 2. The summed E-state index contributed by atoms with van der Waals surface area (Å²) in [7, 11) is 0. The molecule has 2 heterocycles. The Balaban J connectivity index is 1.54. The summed E-state index contributed by atoms with van der Waals surface area (Å²) in [6.07, 6.45) is 0. The summed E-state index contributed by atoms with van der Waals surface area (Å²) in [4.78, 5) is 27.6. The van der Waals surface area contributed by atoms with Gasteiger partial charge in [0.2, 0.25) is 5.91 Å². The van der Waals surface area contributed by atoms with E-state index in [1.165, 1.54) is 23.8 Å². The molecule has 0 bridgehead atoms. The summed E-state index contributed by atoms with van der Waals surface area (Å²) in [5, 5.41) is 7.67. The number of anilines is 1. The van der Waals surface area contributed by atoms with E-state index < -0.39 is 0 Å². The first-order valence-corrected chi connectivity index (χ1v) is 10.5. The van der Waals surface area contributed by atoms with Gasteiger partial charge in [-0.15, -0.1) is 11.3 Å². The molecule has 0 aliphatic rings. The third kappa shape index (κ3) is 5.70. The van der Waals surface area contributed by atoms with Gasteiger partial charge >= 0.3 is 0 Å². The standard InChI is InChI=1S/C22H25N3O4S/c1-13(2)18-7-5-16(9-14(18)3)28-11-21(27)25-22-24-19(12-30-22)20-8-6-17(29-20)10-23-15(4)26/h5-9,12-13H,10-11H2,1-4H3,(H,23,26)(H,24,25,27). The van der Waals surface area contributed by atoms with Crippen LogP contribution in [0.2, 0.25) is 0 Å². The van der Waals surface area contributed by atoms with Crippen molar-refractivity contribution in [3.05, 3.63) is 52.6 Å². The van der Waals surface area contributed by atoms with Crippen LogP contribution in [0, 0.1) is 6.92 Å². The van der Waals surface area contributed by atoms with Gasteiger partial charge in [0.1, 0.15) is 17.2 Å². The zero-order valence-electron chi connectivity index (χ0n) is 17.4. The zero-order chi connectivity index (χ0) is 21.7. The molecule has 0 unspecified atom stereocenters. The molecule has 158 valence electrons. The van der Waals surface area contributed by atoms with Gasteiger partial charge in [0.15, 0.2) is 17.5 Å². The molecule has 30 heavy (non-hydrogen) atoms. The van der Waals surface area contributed by atoms with Crippen LogP contribution in [0.25, 0.3) is 11.5 Å². The minimum Gasteiger partial charge on any atom is -0.484 e. The summed E-state index contributed by atoms with van der Waals surface area (Å²) < 4.78 is 11.3. The molecule has 1 aromatic carbocycles. The summed E-state index contributed by atoms with van der Waals surface area (Å²) >= 11 is 1.30. The molecular weight excluding hydrogens is 402 g/mol. The highest BCUT2D eigenvalue weighted by Crippen LogP contribution is 2.27. The largest absolute Gasteiger partial charge is 0.484 e. The van der Waals surface area contributed by atoms with Crippen molar-refractivity contribution < 1.29 is 18.7 Å². The van der Waals surface area contributed by atoms with Crippen LogP contribution in [0.4, 0.5) is 5.13 Å². The van der Waals surface area contributed by atoms with Gasteiger partial charge in [-0.3, -0.25) is 14.9 Å². The second-order valence-corrected chi connectivity index (χ2v) is 8.08. The van der Waals surface area contributed by atoms with Gasteiger partial charge in [0.05, 0.1) is 6.54 Å². The van der Waals surface area contributed by atoms with Crippen LogP contribution in [-0.4, -0.2) is 23.4 Å². The van der Waals surface area contributed by atoms with Crippen molar-refractivity contribution in [2.24, 2.45) is 0 Å². The van der Waals surface area contributed by atoms with Gasteiger partial charge in [0.25, 0.3) is 5.91 Å². The smallest absolute Gasteiger partial charge is 0.264 e. The molecule has 7 nitrogen and oxygen atoms in total. The molecule has 3 rings (SSSR count). The van der Waals surface area contributed by atoms with Gasteiger partial charge in [0, 0.05) is 12.3 Å². The van der Waals surface area contributed by atoms with E-state index in [0.717, 1.165) is 5.56 Å². The number of aryl methyl sites for hydroxylation is 1. The molecule has 8 heteroatoms. The van der Waals surface area contributed by atoms with Crippen molar-refractivity contribution in [3.63, 3.8) is 0 Å². The molecule has 0 atom stereocenters. The number of furan rings is 1. The third-order valence-corrected chi connectivity index (χ3v) is 5.17. The number of nitrogens with zero attached hydrogens (tertiary/aromatic N) is 1. The highest BCUT2D eigenvalue weighted by Gasteiger charge is 2.12. The maximum Gasteiger partial charge on any atom is 0.264 e. The molecule has 0 radical (unpaired) electrons. The average Bonchev–Trinajstić information content (AvgIpc) is 3.33. The molecule has 0 fully saturated rings. The fourth-order valence-corrected chi connectivity index (χ4v) is 3.67. The predicted molar refractivity (Wildman–Crippen MR) is 117 cm³/mol. The Morgan fingerprint density at radius 2 is 2.03 bits per heavy atom. The maximum atomic E-state index is 12.2.